The van der Waals surface area contributed by atoms with Crippen molar-refractivity contribution < 1.29 is 0 Å². The Morgan fingerprint density at radius 1 is 1.17 bits per heavy atom. The van der Waals surface area contributed by atoms with E-state index in [0.717, 1.165) is 5.92 Å². The van der Waals surface area contributed by atoms with Gasteiger partial charge in [0.1, 0.15) is 0 Å². The standard InChI is InChI=1S/C17H18S/c1-13-11-17(12-18-13)16-9-7-15(8-10-16)14-5-3-2-4-6-14/h2-6,9,11-12,15H,7-8,10H2,1H3. The van der Waals surface area contributed by atoms with Crippen LogP contribution >= 0.6 is 11.3 Å². The predicted molar refractivity (Wildman–Crippen MR) is 80.1 cm³/mol. The van der Waals surface area contributed by atoms with E-state index in [1.165, 1.54) is 35.3 Å². The quantitative estimate of drug-likeness (QED) is 0.672. The molecule has 1 aliphatic carbocycles. The molecule has 0 nitrogen and oxygen atoms in total. The molecular formula is C17H18S. The molecule has 0 bridgehead atoms. The molecule has 1 heteroatoms. The van der Waals surface area contributed by atoms with Crippen molar-refractivity contribution in [2.75, 3.05) is 0 Å². The van der Waals surface area contributed by atoms with E-state index in [2.05, 4.69) is 54.8 Å². The van der Waals surface area contributed by atoms with Gasteiger partial charge < -0.3 is 0 Å². The van der Waals surface area contributed by atoms with Gasteiger partial charge >= 0.3 is 0 Å². The maximum Gasteiger partial charge on any atom is 0.00204 e. The van der Waals surface area contributed by atoms with E-state index in [1.807, 2.05) is 11.3 Å². The third-order valence-corrected chi connectivity index (χ3v) is 4.64. The van der Waals surface area contributed by atoms with E-state index in [0.29, 0.717) is 0 Å². The average molecular weight is 254 g/mol. The smallest absolute Gasteiger partial charge is 0.00204 e. The summed E-state index contributed by atoms with van der Waals surface area (Å²) in [5.74, 6) is 0.717. The number of aryl methyl sites for hydroxylation is 1. The first-order valence-corrected chi connectivity index (χ1v) is 7.50. The van der Waals surface area contributed by atoms with Crippen LogP contribution in [0.1, 0.15) is 41.2 Å². The van der Waals surface area contributed by atoms with Crippen molar-refractivity contribution in [2.24, 2.45) is 0 Å². The molecule has 0 radical (unpaired) electrons. The van der Waals surface area contributed by atoms with Gasteiger partial charge in [-0.2, -0.15) is 0 Å². The summed E-state index contributed by atoms with van der Waals surface area (Å²) in [4.78, 5) is 1.41. The third-order valence-electron chi connectivity index (χ3n) is 3.78. The lowest BCUT2D eigenvalue weighted by Crippen LogP contribution is -2.03. The van der Waals surface area contributed by atoms with Gasteiger partial charge in [-0.25, -0.2) is 0 Å². The Bertz CT molecular complexity index is 548. The van der Waals surface area contributed by atoms with Crippen LogP contribution in [-0.2, 0) is 0 Å². The monoisotopic (exact) mass is 254 g/mol. The molecule has 3 rings (SSSR count). The van der Waals surface area contributed by atoms with Crippen molar-refractivity contribution in [1.82, 2.24) is 0 Å². The first-order chi connectivity index (χ1) is 8.83. The normalized spacial score (nSPS) is 19.6. The van der Waals surface area contributed by atoms with Crippen LogP contribution in [-0.4, -0.2) is 0 Å². The molecule has 0 spiro atoms. The molecule has 0 amide bonds. The van der Waals surface area contributed by atoms with Gasteiger partial charge in [0, 0.05) is 4.88 Å². The van der Waals surface area contributed by atoms with Crippen LogP contribution in [0.4, 0.5) is 0 Å². The molecule has 1 heterocycles. The van der Waals surface area contributed by atoms with Crippen molar-refractivity contribution >= 4 is 16.9 Å². The van der Waals surface area contributed by atoms with Crippen molar-refractivity contribution in [3.05, 3.63) is 63.9 Å². The second kappa shape index (κ2) is 5.11. The Kier molecular flexibility index (Phi) is 3.33. The minimum Gasteiger partial charge on any atom is -0.149 e. The number of benzene rings is 1. The molecule has 0 aliphatic heterocycles. The zero-order chi connectivity index (χ0) is 12.4. The third kappa shape index (κ3) is 2.41. The van der Waals surface area contributed by atoms with E-state index in [4.69, 9.17) is 0 Å². The highest BCUT2D eigenvalue weighted by molar-refractivity contribution is 7.10. The topological polar surface area (TPSA) is 0 Å². The number of thiophene rings is 1. The summed E-state index contributed by atoms with van der Waals surface area (Å²) >= 11 is 1.85. The van der Waals surface area contributed by atoms with Crippen LogP contribution in [0.25, 0.3) is 5.57 Å². The zero-order valence-corrected chi connectivity index (χ0v) is 11.5. The molecular weight excluding hydrogens is 236 g/mol. The Morgan fingerprint density at radius 2 is 2.00 bits per heavy atom. The maximum absolute atomic E-state index is 2.45. The highest BCUT2D eigenvalue weighted by atomic mass is 32.1. The summed E-state index contributed by atoms with van der Waals surface area (Å²) in [5.41, 5.74) is 4.49. The van der Waals surface area contributed by atoms with Gasteiger partial charge in [0.15, 0.2) is 0 Å². The van der Waals surface area contributed by atoms with Crippen molar-refractivity contribution in [1.29, 1.82) is 0 Å². The SMILES string of the molecule is Cc1cc(C2=CCC(c3ccccc3)CC2)cs1. The van der Waals surface area contributed by atoms with Crippen LogP contribution in [0.5, 0.6) is 0 Å². The molecule has 0 fully saturated rings. The van der Waals surface area contributed by atoms with E-state index in [-0.39, 0.29) is 0 Å². The Morgan fingerprint density at radius 3 is 2.61 bits per heavy atom. The molecule has 1 aromatic carbocycles. The minimum atomic E-state index is 0.717. The molecule has 2 aromatic rings. The summed E-state index contributed by atoms with van der Waals surface area (Å²) in [6.07, 6.45) is 6.14. The van der Waals surface area contributed by atoms with Crippen LogP contribution in [0.3, 0.4) is 0 Å². The Labute approximate surface area is 113 Å². The highest BCUT2D eigenvalue weighted by Gasteiger charge is 2.17. The first-order valence-electron chi connectivity index (χ1n) is 6.62. The molecule has 1 unspecified atom stereocenters. The van der Waals surface area contributed by atoms with Crippen LogP contribution < -0.4 is 0 Å². The van der Waals surface area contributed by atoms with E-state index in [9.17, 15) is 0 Å². The van der Waals surface area contributed by atoms with Gasteiger partial charge in [-0.15, -0.1) is 11.3 Å². The zero-order valence-electron chi connectivity index (χ0n) is 10.7. The summed E-state index contributed by atoms with van der Waals surface area (Å²) in [6, 6.07) is 13.2. The van der Waals surface area contributed by atoms with E-state index >= 15 is 0 Å². The highest BCUT2D eigenvalue weighted by Crippen LogP contribution is 2.36. The lowest BCUT2D eigenvalue weighted by molar-refractivity contribution is 0.626. The second-order valence-electron chi connectivity index (χ2n) is 5.06. The van der Waals surface area contributed by atoms with Gasteiger partial charge in [-0.3, -0.25) is 0 Å². The van der Waals surface area contributed by atoms with Crippen molar-refractivity contribution in [3.8, 4) is 0 Å². The Hall–Kier alpha value is -1.34. The number of hydrogen-bond donors (Lipinski definition) is 0. The molecule has 0 saturated heterocycles. The van der Waals surface area contributed by atoms with E-state index in [1.54, 1.807) is 5.57 Å². The number of hydrogen-bond acceptors (Lipinski definition) is 1. The lowest BCUT2D eigenvalue weighted by atomic mass is 9.83. The minimum absolute atomic E-state index is 0.717. The molecule has 1 aromatic heterocycles. The molecule has 18 heavy (non-hydrogen) atoms. The second-order valence-corrected chi connectivity index (χ2v) is 6.17. The summed E-state index contributed by atoms with van der Waals surface area (Å²) in [6.45, 7) is 2.18. The fourth-order valence-electron chi connectivity index (χ4n) is 2.74. The first kappa shape index (κ1) is 11.7. The largest absolute Gasteiger partial charge is 0.149 e. The predicted octanol–water partition coefficient (Wildman–Crippen LogP) is 5.41. The molecule has 0 saturated carbocycles. The van der Waals surface area contributed by atoms with Gasteiger partial charge in [0.05, 0.1) is 0 Å². The number of rotatable bonds is 2. The van der Waals surface area contributed by atoms with Crippen LogP contribution in [0.2, 0.25) is 0 Å². The van der Waals surface area contributed by atoms with Gasteiger partial charge in [-0.05, 0) is 60.3 Å². The maximum atomic E-state index is 2.45. The van der Waals surface area contributed by atoms with Gasteiger partial charge in [-0.1, -0.05) is 36.4 Å². The lowest BCUT2D eigenvalue weighted by Gasteiger charge is -2.22. The molecule has 0 N–H and O–H groups in total. The van der Waals surface area contributed by atoms with Gasteiger partial charge in [0.2, 0.25) is 0 Å². The van der Waals surface area contributed by atoms with Crippen LogP contribution in [0, 0.1) is 6.92 Å². The average Bonchev–Trinajstić information content (AvgIpc) is 2.87. The fourth-order valence-corrected chi connectivity index (χ4v) is 3.46. The van der Waals surface area contributed by atoms with Crippen LogP contribution in [0.15, 0.2) is 47.9 Å². The molecule has 1 atom stereocenters. The fraction of sp³-hybridized carbons (Fsp3) is 0.294. The molecule has 92 valence electrons. The number of allylic oxidation sites excluding steroid dienone is 2. The summed E-state index contributed by atoms with van der Waals surface area (Å²) in [5, 5.41) is 2.30. The summed E-state index contributed by atoms with van der Waals surface area (Å²) < 4.78 is 0. The van der Waals surface area contributed by atoms with Crippen molar-refractivity contribution in [2.45, 2.75) is 32.1 Å². The molecule has 1 aliphatic rings. The summed E-state index contributed by atoms with van der Waals surface area (Å²) in [7, 11) is 0. The van der Waals surface area contributed by atoms with Crippen molar-refractivity contribution in [3.63, 3.8) is 0 Å². The Balaban J connectivity index is 1.75. The van der Waals surface area contributed by atoms with Gasteiger partial charge in [0.25, 0.3) is 0 Å². The van der Waals surface area contributed by atoms with E-state index < -0.39 is 0 Å².